The summed E-state index contributed by atoms with van der Waals surface area (Å²) >= 11 is 0. The molecule has 1 aromatic heterocycles. The van der Waals surface area contributed by atoms with Gasteiger partial charge in [0.05, 0.1) is 6.10 Å². The molecular formula is C15H26N4O. The summed E-state index contributed by atoms with van der Waals surface area (Å²) in [5.74, 6) is 2.67. The Morgan fingerprint density at radius 3 is 2.80 bits per heavy atom. The molecule has 1 unspecified atom stereocenters. The lowest BCUT2D eigenvalue weighted by Crippen LogP contribution is -2.40. The first-order valence-corrected chi connectivity index (χ1v) is 7.53. The predicted octanol–water partition coefficient (Wildman–Crippen LogP) is 2.50. The number of aromatic nitrogens is 2. The lowest BCUT2D eigenvalue weighted by atomic mass is 10.1. The Morgan fingerprint density at radius 2 is 2.15 bits per heavy atom. The quantitative estimate of drug-likeness (QED) is 0.916. The maximum Gasteiger partial charge on any atom is 0.137 e. The number of hydrogen-bond acceptors (Lipinski definition) is 5. The van der Waals surface area contributed by atoms with Gasteiger partial charge in [0, 0.05) is 31.2 Å². The number of ether oxygens (including phenoxy) is 1. The monoisotopic (exact) mass is 278 g/mol. The molecule has 0 aliphatic carbocycles. The molecule has 0 saturated carbocycles. The largest absolute Gasteiger partial charge is 0.383 e. The Hall–Kier alpha value is -1.36. The second-order valence-electron chi connectivity index (χ2n) is 5.74. The highest BCUT2D eigenvalue weighted by Crippen LogP contribution is 2.27. The summed E-state index contributed by atoms with van der Waals surface area (Å²) in [6, 6.07) is 0. The van der Waals surface area contributed by atoms with Gasteiger partial charge in [-0.15, -0.1) is 0 Å². The van der Waals surface area contributed by atoms with Crippen molar-refractivity contribution in [2.24, 2.45) is 0 Å². The van der Waals surface area contributed by atoms with Crippen molar-refractivity contribution < 1.29 is 4.74 Å². The zero-order chi connectivity index (χ0) is 14.7. The predicted molar refractivity (Wildman–Crippen MR) is 82.1 cm³/mol. The minimum absolute atomic E-state index is 0.282. The molecule has 0 aromatic carbocycles. The molecule has 5 heteroatoms. The highest BCUT2D eigenvalue weighted by molar-refractivity contribution is 5.57. The molecule has 2 rings (SSSR count). The third-order valence-electron chi connectivity index (χ3n) is 3.77. The summed E-state index contributed by atoms with van der Waals surface area (Å²) in [7, 11) is 0. The number of piperidine rings is 1. The van der Waals surface area contributed by atoms with Gasteiger partial charge in [0.1, 0.15) is 17.5 Å². The number of nitrogens with zero attached hydrogens (tertiary/aromatic N) is 3. The summed E-state index contributed by atoms with van der Waals surface area (Å²) in [5, 5.41) is 0. The van der Waals surface area contributed by atoms with E-state index in [1.54, 1.807) is 0 Å². The van der Waals surface area contributed by atoms with Crippen LogP contribution in [0.2, 0.25) is 0 Å². The topological polar surface area (TPSA) is 64.3 Å². The van der Waals surface area contributed by atoms with Gasteiger partial charge in [-0.3, -0.25) is 0 Å². The first kappa shape index (κ1) is 15.0. The Bertz CT molecular complexity index is 459. The second-order valence-corrected chi connectivity index (χ2v) is 5.74. The fourth-order valence-electron chi connectivity index (χ4n) is 2.61. The Kier molecular flexibility index (Phi) is 4.81. The smallest absolute Gasteiger partial charge is 0.137 e. The molecule has 2 heterocycles. The van der Waals surface area contributed by atoms with E-state index in [0.717, 1.165) is 49.7 Å². The van der Waals surface area contributed by atoms with Crippen LogP contribution in [0.25, 0.3) is 0 Å². The normalized spacial score (nSPS) is 19.6. The minimum Gasteiger partial charge on any atom is -0.383 e. The lowest BCUT2D eigenvalue weighted by Gasteiger charge is -2.34. The van der Waals surface area contributed by atoms with Crippen LogP contribution >= 0.6 is 0 Å². The van der Waals surface area contributed by atoms with Gasteiger partial charge in [-0.2, -0.15) is 0 Å². The summed E-state index contributed by atoms with van der Waals surface area (Å²) < 4.78 is 5.77. The molecule has 0 spiro atoms. The van der Waals surface area contributed by atoms with Gasteiger partial charge in [0.15, 0.2) is 0 Å². The summed E-state index contributed by atoms with van der Waals surface area (Å²) in [4.78, 5) is 11.4. The van der Waals surface area contributed by atoms with Crippen LogP contribution in [0.4, 0.5) is 11.6 Å². The van der Waals surface area contributed by atoms with Gasteiger partial charge in [0.25, 0.3) is 0 Å². The van der Waals surface area contributed by atoms with Gasteiger partial charge in [-0.25, -0.2) is 9.97 Å². The molecule has 1 aliphatic rings. The zero-order valence-electron chi connectivity index (χ0n) is 13.0. The van der Waals surface area contributed by atoms with Gasteiger partial charge in [-0.1, -0.05) is 13.8 Å². The molecule has 1 saturated heterocycles. The second kappa shape index (κ2) is 6.39. The van der Waals surface area contributed by atoms with E-state index in [1.807, 2.05) is 13.8 Å². The molecule has 0 amide bonds. The highest BCUT2D eigenvalue weighted by atomic mass is 16.5. The molecule has 0 radical (unpaired) electrons. The number of nitrogen functional groups attached to an aromatic ring is 1. The molecular weight excluding hydrogens is 252 g/mol. The number of anilines is 2. The van der Waals surface area contributed by atoms with E-state index in [1.165, 1.54) is 0 Å². The van der Waals surface area contributed by atoms with E-state index in [0.29, 0.717) is 11.9 Å². The van der Waals surface area contributed by atoms with Crippen molar-refractivity contribution in [2.75, 3.05) is 30.3 Å². The molecule has 20 heavy (non-hydrogen) atoms. The SMILES string of the molecule is CCOC1CCCN(c2nc(C(C)C)nc(N)c2C)C1. The van der Waals surface area contributed by atoms with E-state index < -0.39 is 0 Å². The fraction of sp³-hybridized carbons (Fsp3) is 0.733. The van der Waals surface area contributed by atoms with E-state index >= 15 is 0 Å². The van der Waals surface area contributed by atoms with Crippen LogP contribution in [0, 0.1) is 6.92 Å². The fourth-order valence-corrected chi connectivity index (χ4v) is 2.61. The van der Waals surface area contributed by atoms with Gasteiger partial charge < -0.3 is 15.4 Å². The van der Waals surface area contributed by atoms with Gasteiger partial charge in [-0.05, 0) is 26.7 Å². The van der Waals surface area contributed by atoms with Crippen LogP contribution in [-0.4, -0.2) is 35.8 Å². The summed E-state index contributed by atoms with van der Waals surface area (Å²) in [6.45, 7) is 10.9. The lowest BCUT2D eigenvalue weighted by molar-refractivity contribution is 0.0525. The first-order valence-electron chi connectivity index (χ1n) is 7.53. The van der Waals surface area contributed by atoms with Crippen molar-refractivity contribution in [3.05, 3.63) is 11.4 Å². The molecule has 2 N–H and O–H groups in total. The van der Waals surface area contributed by atoms with E-state index in [9.17, 15) is 0 Å². The van der Waals surface area contributed by atoms with Crippen molar-refractivity contribution in [1.82, 2.24) is 9.97 Å². The van der Waals surface area contributed by atoms with E-state index in [2.05, 4.69) is 23.7 Å². The average Bonchev–Trinajstić information content (AvgIpc) is 2.42. The standard InChI is InChI=1S/C15H26N4O/c1-5-20-12-7-6-8-19(9-12)15-11(4)13(16)17-14(18-15)10(2)3/h10,12H,5-9H2,1-4H3,(H2,16,17,18). The van der Waals surface area contributed by atoms with Crippen molar-refractivity contribution in [2.45, 2.75) is 52.6 Å². The third kappa shape index (κ3) is 3.20. The molecule has 0 bridgehead atoms. The van der Waals surface area contributed by atoms with E-state index in [4.69, 9.17) is 15.5 Å². The van der Waals surface area contributed by atoms with E-state index in [-0.39, 0.29) is 5.92 Å². The van der Waals surface area contributed by atoms with Crippen molar-refractivity contribution in [1.29, 1.82) is 0 Å². The summed E-state index contributed by atoms with van der Waals surface area (Å²) in [5.41, 5.74) is 7.03. The van der Waals surface area contributed by atoms with Crippen LogP contribution in [0.5, 0.6) is 0 Å². The molecule has 5 nitrogen and oxygen atoms in total. The van der Waals surface area contributed by atoms with Crippen LogP contribution in [0.1, 0.15) is 50.9 Å². The Balaban J connectivity index is 2.26. The van der Waals surface area contributed by atoms with Crippen LogP contribution in [-0.2, 0) is 4.74 Å². The van der Waals surface area contributed by atoms with Gasteiger partial charge in [0.2, 0.25) is 0 Å². The average molecular weight is 278 g/mol. The molecule has 1 aromatic rings. The van der Waals surface area contributed by atoms with Crippen molar-refractivity contribution >= 4 is 11.6 Å². The molecule has 1 atom stereocenters. The molecule has 112 valence electrons. The van der Waals surface area contributed by atoms with Gasteiger partial charge >= 0.3 is 0 Å². The van der Waals surface area contributed by atoms with Crippen molar-refractivity contribution in [3.8, 4) is 0 Å². The maximum absolute atomic E-state index is 6.05. The molecule has 1 aliphatic heterocycles. The zero-order valence-corrected chi connectivity index (χ0v) is 13.0. The minimum atomic E-state index is 0.282. The Morgan fingerprint density at radius 1 is 1.40 bits per heavy atom. The molecule has 1 fully saturated rings. The number of rotatable bonds is 4. The van der Waals surface area contributed by atoms with Crippen LogP contribution < -0.4 is 10.6 Å². The Labute approximate surface area is 121 Å². The highest BCUT2D eigenvalue weighted by Gasteiger charge is 2.24. The number of hydrogen-bond donors (Lipinski definition) is 1. The number of nitrogens with two attached hydrogens (primary N) is 1. The summed E-state index contributed by atoms with van der Waals surface area (Å²) in [6.07, 6.45) is 2.55. The third-order valence-corrected chi connectivity index (χ3v) is 3.77. The first-order chi connectivity index (χ1) is 9.52. The van der Waals surface area contributed by atoms with Crippen molar-refractivity contribution in [3.63, 3.8) is 0 Å². The maximum atomic E-state index is 6.05. The van der Waals surface area contributed by atoms with Crippen LogP contribution in [0.3, 0.4) is 0 Å². The van der Waals surface area contributed by atoms with Crippen LogP contribution in [0.15, 0.2) is 0 Å².